The molecule has 3 aromatic heterocycles. The van der Waals surface area contributed by atoms with Gasteiger partial charge in [-0.3, -0.25) is 4.98 Å². The van der Waals surface area contributed by atoms with Crippen molar-refractivity contribution in [2.24, 2.45) is 0 Å². The predicted molar refractivity (Wildman–Crippen MR) is 111 cm³/mol. The van der Waals surface area contributed by atoms with Crippen LogP contribution in [0.5, 0.6) is 0 Å². The number of nitrogens with one attached hydrogen (secondary N) is 2. The van der Waals surface area contributed by atoms with E-state index < -0.39 is 11.7 Å². The molecule has 4 aromatic rings. The van der Waals surface area contributed by atoms with E-state index in [1.165, 1.54) is 0 Å². The molecule has 0 bridgehead atoms. The van der Waals surface area contributed by atoms with Crippen LogP contribution in [0.2, 0.25) is 0 Å². The van der Waals surface area contributed by atoms with Gasteiger partial charge in [0.25, 0.3) is 0 Å². The summed E-state index contributed by atoms with van der Waals surface area (Å²) >= 11 is 0. The molecule has 10 heteroatoms. The van der Waals surface area contributed by atoms with Crippen LogP contribution in [-0.2, 0) is 6.18 Å². The van der Waals surface area contributed by atoms with Gasteiger partial charge < -0.3 is 10.6 Å². The molecule has 1 aromatic carbocycles. The topological polar surface area (TPSA) is 80.0 Å². The number of anilines is 1. The molecule has 1 fully saturated rings. The van der Waals surface area contributed by atoms with Crippen LogP contribution in [0.1, 0.15) is 24.8 Å². The minimum Gasteiger partial charge on any atom is -0.350 e. The highest BCUT2D eigenvalue weighted by Gasteiger charge is 2.31. The summed E-state index contributed by atoms with van der Waals surface area (Å²) < 4.78 is 41.0. The van der Waals surface area contributed by atoms with E-state index in [0.717, 1.165) is 61.6 Å². The molecule has 0 amide bonds. The Labute approximate surface area is 175 Å². The maximum atomic E-state index is 13.2. The van der Waals surface area contributed by atoms with Crippen LogP contribution < -0.4 is 10.6 Å². The second kappa shape index (κ2) is 7.77. The number of pyridine rings is 1. The number of rotatable bonds is 3. The number of hydrogen-bond acceptors (Lipinski definition) is 6. The lowest BCUT2D eigenvalue weighted by atomic mass is 10.1. The maximum Gasteiger partial charge on any atom is 0.416 e. The number of para-hydroxylation sites is 1. The SMILES string of the molecule is FC(F)(F)c1ccnc(-c2nc3c4ccccc4nc(N[C@@H]4CCCCNC4)n3n2)c1. The van der Waals surface area contributed by atoms with Crippen molar-refractivity contribution < 1.29 is 13.2 Å². The van der Waals surface area contributed by atoms with Gasteiger partial charge in [0.05, 0.1) is 11.1 Å². The van der Waals surface area contributed by atoms with E-state index in [-0.39, 0.29) is 17.6 Å². The van der Waals surface area contributed by atoms with Crippen molar-refractivity contribution in [3.63, 3.8) is 0 Å². The molecule has 0 radical (unpaired) electrons. The number of aromatic nitrogens is 5. The first-order valence-corrected chi connectivity index (χ1v) is 10.2. The normalized spacial score (nSPS) is 17.7. The Morgan fingerprint density at radius 3 is 2.84 bits per heavy atom. The van der Waals surface area contributed by atoms with Crippen molar-refractivity contribution >= 4 is 22.5 Å². The van der Waals surface area contributed by atoms with Crippen LogP contribution in [-0.4, -0.2) is 43.7 Å². The van der Waals surface area contributed by atoms with E-state index in [2.05, 4.69) is 25.7 Å². The number of nitrogens with zero attached hydrogens (tertiary/aromatic N) is 5. The Kier molecular flexibility index (Phi) is 4.93. The monoisotopic (exact) mass is 427 g/mol. The molecular weight excluding hydrogens is 407 g/mol. The summed E-state index contributed by atoms with van der Waals surface area (Å²) in [5, 5.41) is 12.1. The van der Waals surface area contributed by atoms with Crippen molar-refractivity contribution in [2.75, 3.05) is 18.4 Å². The molecule has 160 valence electrons. The standard InChI is InChI=1S/C21H20F3N7/c22-21(23,24)13-8-10-26-17(11-13)18-29-19-15-6-1-2-7-16(15)28-20(31(19)30-18)27-14-5-3-4-9-25-12-14/h1-2,6-8,10-11,14,25H,3-5,9,12H2,(H,27,28)/t14-/m1/s1. The summed E-state index contributed by atoms with van der Waals surface area (Å²) in [7, 11) is 0. The van der Waals surface area contributed by atoms with Crippen LogP contribution in [0.25, 0.3) is 28.1 Å². The molecule has 1 saturated heterocycles. The van der Waals surface area contributed by atoms with Crippen LogP contribution >= 0.6 is 0 Å². The Bertz CT molecular complexity index is 1230. The zero-order chi connectivity index (χ0) is 21.4. The molecule has 4 heterocycles. The predicted octanol–water partition coefficient (Wildman–Crippen LogP) is 3.91. The minimum atomic E-state index is -4.47. The molecule has 0 unspecified atom stereocenters. The number of fused-ring (bicyclic) bond motifs is 3. The third-order valence-electron chi connectivity index (χ3n) is 5.38. The van der Waals surface area contributed by atoms with Crippen molar-refractivity contribution in [1.82, 2.24) is 29.9 Å². The van der Waals surface area contributed by atoms with E-state index in [9.17, 15) is 13.2 Å². The van der Waals surface area contributed by atoms with Crippen molar-refractivity contribution in [2.45, 2.75) is 31.5 Å². The Balaban J connectivity index is 1.63. The fourth-order valence-corrected chi connectivity index (χ4v) is 3.81. The van der Waals surface area contributed by atoms with Gasteiger partial charge in [-0.15, -0.1) is 5.10 Å². The quantitative estimate of drug-likeness (QED) is 0.516. The lowest BCUT2D eigenvalue weighted by molar-refractivity contribution is -0.137. The number of benzene rings is 1. The highest BCUT2D eigenvalue weighted by Crippen LogP contribution is 2.31. The second-order valence-corrected chi connectivity index (χ2v) is 7.59. The summed E-state index contributed by atoms with van der Waals surface area (Å²) in [5.41, 5.74) is 0.519. The average molecular weight is 427 g/mol. The van der Waals surface area contributed by atoms with Gasteiger partial charge in [-0.05, 0) is 43.7 Å². The molecule has 7 nitrogen and oxygen atoms in total. The van der Waals surface area contributed by atoms with Gasteiger partial charge in [0.15, 0.2) is 5.65 Å². The molecule has 1 aliphatic heterocycles. The molecule has 2 N–H and O–H groups in total. The summed E-state index contributed by atoms with van der Waals surface area (Å²) in [6.07, 6.45) is -0.147. The average Bonchev–Trinajstić information content (AvgIpc) is 3.06. The summed E-state index contributed by atoms with van der Waals surface area (Å²) in [5.74, 6) is 0.624. The van der Waals surface area contributed by atoms with Gasteiger partial charge in [-0.2, -0.15) is 17.7 Å². The lowest BCUT2D eigenvalue weighted by Crippen LogP contribution is -2.32. The lowest BCUT2D eigenvalue weighted by Gasteiger charge is -2.17. The first kappa shape index (κ1) is 19.7. The first-order chi connectivity index (χ1) is 15.0. The summed E-state index contributed by atoms with van der Waals surface area (Å²) in [4.78, 5) is 13.3. The number of halogens is 3. The number of alkyl halides is 3. The Morgan fingerprint density at radius 1 is 1.10 bits per heavy atom. The Hall–Kier alpha value is -3.27. The van der Waals surface area contributed by atoms with E-state index >= 15 is 0 Å². The van der Waals surface area contributed by atoms with E-state index in [4.69, 9.17) is 4.98 Å². The first-order valence-electron chi connectivity index (χ1n) is 10.2. The van der Waals surface area contributed by atoms with Gasteiger partial charge in [0.1, 0.15) is 5.69 Å². The van der Waals surface area contributed by atoms with Crippen molar-refractivity contribution in [1.29, 1.82) is 0 Å². The fraction of sp³-hybridized carbons (Fsp3) is 0.333. The molecule has 0 spiro atoms. The Morgan fingerprint density at radius 2 is 1.97 bits per heavy atom. The third-order valence-corrected chi connectivity index (χ3v) is 5.38. The van der Waals surface area contributed by atoms with Crippen molar-refractivity contribution in [3.05, 3.63) is 48.2 Å². The van der Waals surface area contributed by atoms with E-state index in [1.807, 2.05) is 24.3 Å². The molecule has 31 heavy (non-hydrogen) atoms. The fourth-order valence-electron chi connectivity index (χ4n) is 3.81. The molecule has 0 aliphatic carbocycles. The van der Waals surface area contributed by atoms with Gasteiger partial charge in [-0.1, -0.05) is 18.6 Å². The third kappa shape index (κ3) is 3.90. The molecule has 1 aliphatic rings. The van der Waals surface area contributed by atoms with Gasteiger partial charge in [0, 0.05) is 24.2 Å². The maximum absolute atomic E-state index is 13.2. The van der Waals surface area contributed by atoms with Gasteiger partial charge in [0.2, 0.25) is 11.8 Å². The summed E-state index contributed by atoms with van der Waals surface area (Å²) in [6, 6.07) is 9.56. The van der Waals surface area contributed by atoms with Crippen LogP contribution in [0.4, 0.5) is 19.1 Å². The molecule has 5 rings (SSSR count). The number of hydrogen-bond donors (Lipinski definition) is 2. The van der Waals surface area contributed by atoms with E-state index in [1.54, 1.807) is 4.52 Å². The van der Waals surface area contributed by atoms with Crippen LogP contribution in [0, 0.1) is 0 Å². The highest BCUT2D eigenvalue weighted by molar-refractivity contribution is 5.92. The molecular formula is C21H20F3N7. The molecule has 0 saturated carbocycles. The van der Waals surface area contributed by atoms with Crippen molar-refractivity contribution in [3.8, 4) is 11.5 Å². The summed E-state index contributed by atoms with van der Waals surface area (Å²) in [6.45, 7) is 1.78. The second-order valence-electron chi connectivity index (χ2n) is 7.59. The zero-order valence-electron chi connectivity index (χ0n) is 16.5. The van der Waals surface area contributed by atoms with Gasteiger partial charge >= 0.3 is 6.18 Å². The zero-order valence-corrected chi connectivity index (χ0v) is 16.5. The minimum absolute atomic E-state index is 0.0599. The van der Waals surface area contributed by atoms with E-state index in [0.29, 0.717) is 11.6 Å². The molecule has 1 atom stereocenters. The largest absolute Gasteiger partial charge is 0.416 e. The van der Waals surface area contributed by atoms with Crippen LogP contribution in [0.15, 0.2) is 42.6 Å². The smallest absolute Gasteiger partial charge is 0.350 e. The van der Waals surface area contributed by atoms with Gasteiger partial charge in [-0.25, -0.2) is 9.97 Å². The highest BCUT2D eigenvalue weighted by atomic mass is 19.4. The van der Waals surface area contributed by atoms with Crippen LogP contribution in [0.3, 0.4) is 0 Å².